The Morgan fingerprint density at radius 3 is 2.71 bits per heavy atom. The smallest absolute Gasteiger partial charge is 0.256 e. The SMILES string of the molecule is CC(C)C(C#N)NC(=O)c1cc(F)ccc1O. The van der Waals surface area contributed by atoms with Crippen molar-refractivity contribution in [3.05, 3.63) is 29.6 Å². The van der Waals surface area contributed by atoms with Gasteiger partial charge in [-0.3, -0.25) is 4.79 Å². The van der Waals surface area contributed by atoms with Crippen molar-refractivity contribution in [3.63, 3.8) is 0 Å². The van der Waals surface area contributed by atoms with Crippen molar-refractivity contribution in [3.8, 4) is 11.8 Å². The molecule has 90 valence electrons. The zero-order chi connectivity index (χ0) is 13.0. The van der Waals surface area contributed by atoms with Gasteiger partial charge in [-0.15, -0.1) is 0 Å². The fourth-order valence-electron chi connectivity index (χ4n) is 1.26. The molecule has 1 rings (SSSR count). The number of phenolic OH excluding ortho intramolecular Hbond substituents is 1. The highest BCUT2D eigenvalue weighted by Crippen LogP contribution is 2.18. The van der Waals surface area contributed by atoms with Gasteiger partial charge in [0.15, 0.2) is 0 Å². The highest BCUT2D eigenvalue weighted by atomic mass is 19.1. The zero-order valence-corrected chi connectivity index (χ0v) is 9.57. The van der Waals surface area contributed by atoms with Crippen LogP contribution in [0.4, 0.5) is 4.39 Å². The molecule has 0 aromatic heterocycles. The molecule has 5 heteroatoms. The Hall–Kier alpha value is -2.09. The van der Waals surface area contributed by atoms with Crippen LogP contribution in [0.25, 0.3) is 0 Å². The fourth-order valence-corrected chi connectivity index (χ4v) is 1.26. The number of hydrogen-bond donors (Lipinski definition) is 2. The average molecular weight is 236 g/mol. The number of nitrogens with one attached hydrogen (secondary N) is 1. The molecule has 1 amide bonds. The number of benzene rings is 1. The van der Waals surface area contributed by atoms with Crippen LogP contribution in [0.1, 0.15) is 24.2 Å². The summed E-state index contributed by atoms with van der Waals surface area (Å²) in [4.78, 5) is 11.7. The van der Waals surface area contributed by atoms with Crippen LogP contribution < -0.4 is 5.32 Å². The van der Waals surface area contributed by atoms with Gasteiger partial charge in [0, 0.05) is 0 Å². The second-order valence-electron chi connectivity index (χ2n) is 3.99. The third-order valence-electron chi connectivity index (χ3n) is 2.30. The van der Waals surface area contributed by atoms with Crippen LogP contribution in [0.5, 0.6) is 5.75 Å². The number of nitriles is 1. The Balaban J connectivity index is 2.90. The maximum Gasteiger partial charge on any atom is 0.256 e. The molecular formula is C12H13FN2O2. The van der Waals surface area contributed by atoms with Crippen molar-refractivity contribution in [2.45, 2.75) is 19.9 Å². The van der Waals surface area contributed by atoms with E-state index in [1.165, 1.54) is 0 Å². The predicted octanol–water partition coefficient (Wildman–Crippen LogP) is 1.81. The first-order valence-corrected chi connectivity index (χ1v) is 5.14. The highest BCUT2D eigenvalue weighted by molar-refractivity contribution is 5.97. The van der Waals surface area contributed by atoms with Crippen LogP contribution in [0.15, 0.2) is 18.2 Å². The maximum atomic E-state index is 12.9. The minimum Gasteiger partial charge on any atom is -0.507 e. The quantitative estimate of drug-likeness (QED) is 0.840. The van der Waals surface area contributed by atoms with Crippen molar-refractivity contribution in [2.75, 3.05) is 0 Å². The first-order chi connectivity index (χ1) is 7.95. The van der Waals surface area contributed by atoms with Gasteiger partial charge in [0.25, 0.3) is 5.91 Å². The summed E-state index contributed by atoms with van der Waals surface area (Å²) < 4.78 is 12.9. The number of aromatic hydroxyl groups is 1. The van der Waals surface area contributed by atoms with Gasteiger partial charge in [-0.1, -0.05) is 13.8 Å². The Labute approximate surface area is 98.7 Å². The third-order valence-corrected chi connectivity index (χ3v) is 2.30. The first kappa shape index (κ1) is 13.0. The number of amides is 1. The molecular weight excluding hydrogens is 223 g/mol. The third kappa shape index (κ3) is 3.18. The van der Waals surface area contributed by atoms with Crippen LogP contribution in [-0.2, 0) is 0 Å². The molecule has 0 saturated carbocycles. The Morgan fingerprint density at radius 2 is 2.18 bits per heavy atom. The molecule has 0 aliphatic heterocycles. The fraction of sp³-hybridized carbons (Fsp3) is 0.333. The monoisotopic (exact) mass is 236 g/mol. The largest absolute Gasteiger partial charge is 0.507 e. The number of halogens is 1. The Morgan fingerprint density at radius 1 is 1.53 bits per heavy atom. The van der Waals surface area contributed by atoms with E-state index in [2.05, 4.69) is 5.32 Å². The second-order valence-corrected chi connectivity index (χ2v) is 3.99. The van der Waals surface area contributed by atoms with E-state index < -0.39 is 17.8 Å². The summed E-state index contributed by atoms with van der Waals surface area (Å²) in [5.74, 6) is -1.67. The van der Waals surface area contributed by atoms with Gasteiger partial charge < -0.3 is 10.4 Å². The van der Waals surface area contributed by atoms with Crippen molar-refractivity contribution in [2.24, 2.45) is 5.92 Å². The van der Waals surface area contributed by atoms with E-state index in [4.69, 9.17) is 5.26 Å². The number of rotatable bonds is 3. The van der Waals surface area contributed by atoms with Crippen molar-refractivity contribution < 1.29 is 14.3 Å². The Bertz CT molecular complexity index is 466. The number of carbonyl (C=O) groups excluding carboxylic acids is 1. The topological polar surface area (TPSA) is 73.1 Å². The molecule has 1 aromatic rings. The number of phenols is 1. The second kappa shape index (κ2) is 5.30. The molecule has 1 atom stereocenters. The maximum absolute atomic E-state index is 12.9. The van der Waals surface area contributed by atoms with E-state index >= 15 is 0 Å². The van der Waals surface area contributed by atoms with E-state index in [-0.39, 0.29) is 17.2 Å². The lowest BCUT2D eigenvalue weighted by Crippen LogP contribution is -2.37. The van der Waals surface area contributed by atoms with E-state index in [9.17, 15) is 14.3 Å². The number of nitrogens with zero attached hydrogens (tertiary/aromatic N) is 1. The zero-order valence-electron chi connectivity index (χ0n) is 9.57. The lowest BCUT2D eigenvalue weighted by atomic mass is 10.1. The van der Waals surface area contributed by atoms with E-state index in [0.29, 0.717) is 0 Å². The molecule has 0 saturated heterocycles. The van der Waals surface area contributed by atoms with Crippen LogP contribution in [0.2, 0.25) is 0 Å². The standard InChI is InChI=1S/C12H13FN2O2/c1-7(2)10(6-14)15-12(17)9-5-8(13)3-4-11(9)16/h3-5,7,10,16H,1-2H3,(H,15,17). The van der Waals surface area contributed by atoms with Gasteiger partial charge in [-0.05, 0) is 24.1 Å². The molecule has 0 heterocycles. The summed E-state index contributed by atoms with van der Waals surface area (Å²) in [5, 5.41) is 20.7. The molecule has 0 fully saturated rings. The van der Waals surface area contributed by atoms with Crippen LogP contribution in [-0.4, -0.2) is 17.1 Å². The summed E-state index contributed by atoms with van der Waals surface area (Å²) in [5.41, 5.74) is -0.175. The molecule has 0 bridgehead atoms. The molecule has 0 aliphatic rings. The lowest BCUT2D eigenvalue weighted by molar-refractivity contribution is 0.0934. The predicted molar refractivity (Wildman–Crippen MR) is 59.8 cm³/mol. The van der Waals surface area contributed by atoms with Gasteiger partial charge in [-0.2, -0.15) is 5.26 Å². The minimum atomic E-state index is -0.676. The van der Waals surface area contributed by atoms with Crippen molar-refractivity contribution in [1.29, 1.82) is 5.26 Å². The highest BCUT2D eigenvalue weighted by Gasteiger charge is 2.18. The lowest BCUT2D eigenvalue weighted by Gasteiger charge is -2.15. The Kier molecular flexibility index (Phi) is 4.05. The molecule has 0 aliphatic carbocycles. The molecule has 0 spiro atoms. The van der Waals surface area contributed by atoms with Gasteiger partial charge in [0.1, 0.15) is 17.6 Å². The van der Waals surface area contributed by atoms with Crippen molar-refractivity contribution >= 4 is 5.91 Å². The molecule has 4 nitrogen and oxygen atoms in total. The van der Waals surface area contributed by atoms with Crippen LogP contribution >= 0.6 is 0 Å². The van der Waals surface area contributed by atoms with E-state index in [1.807, 2.05) is 6.07 Å². The van der Waals surface area contributed by atoms with Gasteiger partial charge in [-0.25, -0.2) is 4.39 Å². The van der Waals surface area contributed by atoms with E-state index in [1.54, 1.807) is 13.8 Å². The molecule has 17 heavy (non-hydrogen) atoms. The van der Waals surface area contributed by atoms with Gasteiger partial charge >= 0.3 is 0 Å². The average Bonchev–Trinajstić information content (AvgIpc) is 2.28. The summed E-state index contributed by atoms with van der Waals surface area (Å²) in [7, 11) is 0. The van der Waals surface area contributed by atoms with Crippen molar-refractivity contribution in [1.82, 2.24) is 5.32 Å². The summed E-state index contributed by atoms with van der Waals surface area (Å²) in [6.07, 6.45) is 0. The van der Waals surface area contributed by atoms with Gasteiger partial charge in [0.2, 0.25) is 0 Å². The molecule has 1 aromatic carbocycles. The van der Waals surface area contributed by atoms with E-state index in [0.717, 1.165) is 18.2 Å². The molecule has 0 radical (unpaired) electrons. The molecule has 1 unspecified atom stereocenters. The van der Waals surface area contributed by atoms with Crippen LogP contribution in [0, 0.1) is 23.1 Å². The first-order valence-electron chi connectivity index (χ1n) is 5.14. The number of carbonyl (C=O) groups is 1. The van der Waals surface area contributed by atoms with Crippen LogP contribution in [0.3, 0.4) is 0 Å². The summed E-state index contributed by atoms with van der Waals surface area (Å²) in [6.45, 7) is 3.55. The minimum absolute atomic E-state index is 0.0698. The number of hydrogen-bond acceptors (Lipinski definition) is 3. The molecule has 2 N–H and O–H groups in total. The summed E-state index contributed by atoms with van der Waals surface area (Å²) in [6, 6.07) is 4.33. The normalized spacial score (nSPS) is 11.9. The van der Waals surface area contributed by atoms with Gasteiger partial charge in [0.05, 0.1) is 11.6 Å². The summed E-state index contributed by atoms with van der Waals surface area (Å²) >= 11 is 0.